The molecule has 1 aromatic carbocycles. The molecule has 1 aromatic rings. The molecule has 0 radical (unpaired) electrons. The number of hydrogen-bond donors (Lipinski definition) is 0. The Morgan fingerprint density at radius 1 is 0.913 bits per heavy atom. The lowest BCUT2D eigenvalue weighted by Gasteiger charge is -2.21. The minimum atomic E-state index is 0. The SMILES string of the molecule is C=Cc1c(CCCC)cc(PC)c(CCCC)c1CCCC.Cl. The van der Waals surface area contributed by atoms with Crippen LogP contribution in [0.5, 0.6) is 0 Å². The number of hydrogen-bond acceptors (Lipinski definition) is 0. The quantitative estimate of drug-likeness (QED) is 0.387. The van der Waals surface area contributed by atoms with Crippen LogP contribution in [0.15, 0.2) is 12.6 Å². The van der Waals surface area contributed by atoms with Gasteiger partial charge in [0.15, 0.2) is 0 Å². The standard InChI is InChI=1S/C21H35P.ClH/c1-6-10-13-17-16-21(22-5)20(15-12-8-3)19(14-11-7-2)18(17)9-4;/h9,16,22H,4,6-8,10-15H2,1-3,5H3;1H. The van der Waals surface area contributed by atoms with Gasteiger partial charge >= 0.3 is 0 Å². The molecule has 0 aliphatic carbocycles. The van der Waals surface area contributed by atoms with Gasteiger partial charge in [0.2, 0.25) is 0 Å². The highest BCUT2D eigenvalue weighted by molar-refractivity contribution is 7.46. The molecule has 0 amide bonds. The van der Waals surface area contributed by atoms with Crippen LogP contribution in [0.4, 0.5) is 0 Å². The zero-order chi connectivity index (χ0) is 16.4. The van der Waals surface area contributed by atoms with Gasteiger partial charge in [0, 0.05) is 0 Å². The Kier molecular flexibility index (Phi) is 12.8. The van der Waals surface area contributed by atoms with E-state index in [9.17, 15) is 0 Å². The van der Waals surface area contributed by atoms with Crippen molar-refractivity contribution in [1.29, 1.82) is 0 Å². The number of halogens is 1. The van der Waals surface area contributed by atoms with Crippen molar-refractivity contribution in [2.75, 3.05) is 6.66 Å². The normalized spacial score (nSPS) is 11.0. The highest BCUT2D eigenvalue weighted by Gasteiger charge is 2.15. The van der Waals surface area contributed by atoms with Gasteiger partial charge < -0.3 is 0 Å². The molecule has 0 heterocycles. The van der Waals surface area contributed by atoms with E-state index in [0.717, 1.165) is 8.58 Å². The molecular weight excluding hydrogens is 319 g/mol. The molecule has 0 saturated heterocycles. The van der Waals surface area contributed by atoms with E-state index in [0.29, 0.717) is 0 Å². The third kappa shape index (κ3) is 6.60. The molecule has 0 bridgehead atoms. The molecular formula is C21H36ClP. The van der Waals surface area contributed by atoms with Crippen LogP contribution in [0.1, 0.15) is 81.5 Å². The zero-order valence-electron chi connectivity index (χ0n) is 15.6. The summed E-state index contributed by atoms with van der Waals surface area (Å²) in [6, 6.07) is 2.51. The topological polar surface area (TPSA) is 0 Å². The van der Waals surface area contributed by atoms with Crippen LogP contribution >= 0.6 is 21.0 Å². The van der Waals surface area contributed by atoms with Crippen LogP contribution in [0.25, 0.3) is 6.08 Å². The van der Waals surface area contributed by atoms with Crippen molar-refractivity contribution in [3.63, 3.8) is 0 Å². The molecule has 23 heavy (non-hydrogen) atoms. The summed E-state index contributed by atoms with van der Waals surface area (Å²) >= 11 is 0. The summed E-state index contributed by atoms with van der Waals surface area (Å²) in [7, 11) is 0.907. The van der Waals surface area contributed by atoms with E-state index in [1.54, 1.807) is 22.0 Å². The van der Waals surface area contributed by atoms with E-state index in [2.05, 4.69) is 46.2 Å². The predicted molar refractivity (Wildman–Crippen MR) is 113 cm³/mol. The van der Waals surface area contributed by atoms with Crippen molar-refractivity contribution in [2.45, 2.75) is 78.6 Å². The summed E-state index contributed by atoms with van der Waals surface area (Å²) in [6.07, 6.45) is 13.5. The fourth-order valence-corrected chi connectivity index (χ4v) is 4.08. The second-order valence-corrected chi connectivity index (χ2v) is 7.26. The first-order valence-electron chi connectivity index (χ1n) is 9.21. The second kappa shape index (κ2) is 13.0. The first kappa shape index (κ1) is 22.7. The average Bonchev–Trinajstić information content (AvgIpc) is 2.55. The molecule has 0 nitrogen and oxygen atoms in total. The predicted octanol–water partition coefficient (Wildman–Crippen LogP) is 6.71. The summed E-state index contributed by atoms with van der Waals surface area (Å²) in [4.78, 5) is 0. The molecule has 0 saturated carbocycles. The van der Waals surface area contributed by atoms with Gasteiger partial charge in [-0.3, -0.25) is 0 Å². The highest BCUT2D eigenvalue weighted by atomic mass is 35.5. The van der Waals surface area contributed by atoms with Gasteiger partial charge in [-0.25, -0.2) is 0 Å². The van der Waals surface area contributed by atoms with Crippen molar-refractivity contribution >= 4 is 32.4 Å². The van der Waals surface area contributed by atoms with Gasteiger partial charge in [0.1, 0.15) is 0 Å². The van der Waals surface area contributed by atoms with Crippen LogP contribution in [-0.4, -0.2) is 6.66 Å². The zero-order valence-corrected chi connectivity index (χ0v) is 17.5. The molecule has 0 N–H and O–H groups in total. The molecule has 0 fully saturated rings. The smallest absolute Gasteiger partial charge is 0.0195 e. The van der Waals surface area contributed by atoms with Crippen LogP contribution in [0.3, 0.4) is 0 Å². The van der Waals surface area contributed by atoms with Gasteiger partial charge in [-0.2, -0.15) is 0 Å². The Morgan fingerprint density at radius 2 is 1.43 bits per heavy atom. The average molecular weight is 355 g/mol. The molecule has 1 unspecified atom stereocenters. The maximum Gasteiger partial charge on any atom is -0.0195 e. The number of benzene rings is 1. The van der Waals surface area contributed by atoms with Gasteiger partial charge in [-0.15, -0.1) is 12.4 Å². The fourth-order valence-electron chi connectivity index (χ4n) is 3.19. The van der Waals surface area contributed by atoms with Crippen LogP contribution in [0, 0.1) is 0 Å². The number of aryl methyl sites for hydroxylation is 1. The third-order valence-electron chi connectivity index (χ3n) is 4.51. The minimum Gasteiger partial charge on any atom is -0.147 e. The minimum absolute atomic E-state index is 0. The first-order valence-corrected chi connectivity index (χ1v) is 10.7. The first-order chi connectivity index (χ1) is 10.7. The Bertz CT molecular complexity index is 465. The maximum absolute atomic E-state index is 4.15. The largest absolute Gasteiger partial charge is 0.147 e. The van der Waals surface area contributed by atoms with Crippen LogP contribution in [-0.2, 0) is 19.3 Å². The third-order valence-corrected chi connectivity index (χ3v) is 5.50. The van der Waals surface area contributed by atoms with Crippen molar-refractivity contribution in [3.05, 3.63) is 34.9 Å². The van der Waals surface area contributed by atoms with Gasteiger partial charge in [-0.05, 0) is 72.7 Å². The molecule has 0 spiro atoms. The molecule has 0 aliphatic rings. The summed E-state index contributed by atoms with van der Waals surface area (Å²) < 4.78 is 0. The molecule has 0 aromatic heterocycles. The Morgan fingerprint density at radius 3 is 1.91 bits per heavy atom. The Hall–Kier alpha value is -0.320. The Balaban J connectivity index is 0.00000484. The van der Waals surface area contributed by atoms with Crippen molar-refractivity contribution < 1.29 is 0 Å². The van der Waals surface area contributed by atoms with E-state index in [-0.39, 0.29) is 12.4 Å². The molecule has 132 valence electrons. The van der Waals surface area contributed by atoms with Crippen molar-refractivity contribution in [1.82, 2.24) is 0 Å². The van der Waals surface area contributed by atoms with E-state index in [4.69, 9.17) is 0 Å². The molecule has 0 aliphatic heterocycles. The van der Waals surface area contributed by atoms with E-state index in [1.807, 2.05) is 0 Å². The van der Waals surface area contributed by atoms with Crippen LogP contribution in [0.2, 0.25) is 0 Å². The van der Waals surface area contributed by atoms with E-state index >= 15 is 0 Å². The number of rotatable bonds is 11. The lowest BCUT2D eigenvalue weighted by atomic mass is 9.88. The fraction of sp³-hybridized carbons (Fsp3) is 0.619. The Labute approximate surface area is 152 Å². The summed E-state index contributed by atoms with van der Waals surface area (Å²) in [5.41, 5.74) is 6.30. The number of unbranched alkanes of at least 4 members (excludes halogenated alkanes) is 3. The maximum atomic E-state index is 4.15. The van der Waals surface area contributed by atoms with Gasteiger partial charge in [-0.1, -0.05) is 67.3 Å². The summed E-state index contributed by atoms with van der Waals surface area (Å²) in [5.74, 6) is 0. The summed E-state index contributed by atoms with van der Waals surface area (Å²) in [5, 5.41) is 1.62. The molecule has 1 rings (SSSR count). The van der Waals surface area contributed by atoms with Gasteiger partial charge in [0.05, 0.1) is 0 Å². The van der Waals surface area contributed by atoms with Crippen LogP contribution < -0.4 is 5.30 Å². The van der Waals surface area contributed by atoms with E-state index in [1.165, 1.54) is 63.4 Å². The van der Waals surface area contributed by atoms with Crippen molar-refractivity contribution in [2.24, 2.45) is 0 Å². The summed E-state index contributed by atoms with van der Waals surface area (Å²) in [6.45, 7) is 13.4. The monoisotopic (exact) mass is 354 g/mol. The van der Waals surface area contributed by atoms with Crippen molar-refractivity contribution in [3.8, 4) is 0 Å². The van der Waals surface area contributed by atoms with Gasteiger partial charge in [0.25, 0.3) is 0 Å². The molecule has 2 heteroatoms. The van der Waals surface area contributed by atoms with E-state index < -0.39 is 0 Å². The lowest BCUT2D eigenvalue weighted by molar-refractivity contribution is 0.753. The highest BCUT2D eigenvalue weighted by Crippen LogP contribution is 2.27. The second-order valence-electron chi connectivity index (χ2n) is 6.22. The lowest BCUT2D eigenvalue weighted by Crippen LogP contribution is -2.14. The molecule has 1 atom stereocenters.